The highest BCUT2D eigenvalue weighted by atomic mass is 79.9. The maximum atomic E-state index is 12.1. The number of esters is 1. The minimum Gasteiger partial charge on any atom is -0.496 e. The molecule has 0 saturated heterocycles. The summed E-state index contributed by atoms with van der Waals surface area (Å²) in [4.78, 5) is 35.5. The van der Waals surface area contributed by atoms with Crippen LogP contribution in [0.2, 0.25) is 0 Å². The van der Waals surface area contributed by atoms with E-state index in [4.69, 9.17) is 14.2 Å². The molecule has 8 nitrogen and oxygen atoms in total. The van der Waals surface area contributed by atoms with Crippen molar-refractivity contribution in [3.8, 4) is 11.5 Å². The molecule has 0 spiro atoms. The second-order valence-electron chi connectivity index (χ2n) is 5.39. The zero-order valence-electron chi connectivity index (χ0n) is 15.3. The first-order chi connectivity index (χ1) is 13.4. The number of methoxy groups -OCH3 is 1. The van der Waals surface area contributed by atoms with Crippen LogP contribution in [0.1, 0.15) is 27.6 Å². The third kappa shape index (κ3) is 5.98. The van der Waals surface area contributed by atoms with E-state index in [9.17, 15) is 14.4 Å². The van der Waals surface area contributed by atoms with Crippen LogP contribution < -0.4 is 20.3 Å². The maximum absolute atomic E-state index is 12.1. The number of carbonyl (C=O) groups excluding carboxylic acids is 3. The molecule has 0 aliphatic rings. The monoisotopic (exact) mass is 450 g/mol. The number of hydrogen-bond acceptors (Lipinski definition) is 6. The molecule has 28 heavy (non-hydrogen) atoms. The van der Waals surface area contributed by atoms with Crippen molar-refractivity contribution in [3.63, 3.8) is 0 Å². The third-order valence-electron chi connectivity index (χ3n) is 3.46. The molecule has 0 aromatic heterocycles. The normalized spacial score (nSPS) is 9.96. The molecule has 0 fully saturated rings. The van der Waals surface area contributed by atoms with E-state index in [1.165, 1.54) is 19.2 Å². The van der Waals surface area contributed by atoms with E-state index in [1.807, 2.05) is 0 Å². The van der Waals surface area contributed by atoms with Crippen LogP contribution in [0.15, 0.2) is 46.9 Å². The molecule has 0 aliphatic heterocycles. The molecule has 148 valence electrons. The van der Waals surface area contributed by atoms with Gasteiger partial charge in [0.1, 0.15) is 11.5 Å². The minimum atomic E-state index is -0.546. The van der Waals surface area contributed by atoms with Gasteiger partial charge in [-0.25, -0.2) is 4.79 Å². The number of rotatable bonds is 7. The average Bonchev–Trinajstić information content (AvgIpc) is 2.70. The highest BCUT2D eigenvalue weighted by Gasteiger charge is 2.11. The second kappa shape index (κ2) is 10.3. The number of amides is 2. The molecule has 0 bridgehead atoms. The van der Waals surface area contributed by atoms with Gasteiger partial charge in [0.15, 0.2) is 6.61 Å². The SMILES string of the molecule is CCOC(=O)c1ccc(OCC(=O)NNC(=O)c2ccc(OC)c(Br)c2)cc1. The summed E-state index contributed by atoms with van der Waals surface area (Å²) in [6, 6.07) is 10.9. The quantitative estimate of drug-likeness (QED) is 0.496. The van der Waals surface area contributed by atoms with E-state index in [1.54, 1.807) is 37.3 Å². The topological polar surface area (TPSA) is 103 Å². The van der Waals surface area contributed by atoms with Crippen LogP contribution in [0.3, 0.4) is 0 Å². The summed E-state index contributed by atoms with van der Waals surface area (Å²) in [6.07, 6.45) is 0. The van der Waals surface area contributed by atoms with E-state index in [0.29, 0.717) is 27.1 Å². The summed E-state index contributed by atoms with van der Waals surface area (Å²) in [5, 5.41) is 0. The summed E-state index contributed by atoms with van der Waals surface area (Å²) in [6.45, 7) is 1.70. The highest BCUT2D eigenvalue weighted by molar-refractivity contribution is 9.10. The standard InChI is InChI=1S/C19H19BrN2O6/c1-3-27-19(25)12-4-7-14(8-5-12)28-11-17(23)21-22-18(24)13-6-9-16(26-2)15(20)10-13/h4-10H,3,11H2,1-2H3,(H,21,23)(H,22,24). The summed E-state index contributed by atoms with van der Waals surface area (Å²) in [5.74, 6) is -0.484. The van der Waals surface area contributed by atoms with E-state index in [-0.39, 0.29) is 13.2 Å². The first kappa shape index (κ1) is 21.2. The largest absolute Gasteiger partial charge is 0.496 e. The molecule has 0 aliphatic carbocycles. The van der Waals surface area contributed by atoms with E-state index >= 15 is 0 Å². The Kier molecular flexibility index (Phi) is 7.82. The lowest BCUT2D eigenvalue weighted by atomic mass is 10.2. The van der Waals surface area contributed by atoms with E-state index in [0.717, 1.165) is 0 Å². The first-order valence-corrected chi connectivity index (χ1v) is 9.06. The minimum absolute atomic E-state index is 0.288. The number of hydrazine groups is 1. The van der Waals surface area contributed by atoms with Gasteiger partial charge in [0.25, 0.3) is 11.8 Å². The van der Waals surface area contributed by atoms with Crippen molar-refractivity contribution < 1.29 is 28.6 Å². The molecule has 9 heteroatoms. The van der Waals surface area contributed by atoms with Crippen molar-refractivity contribution >= 4 is 33.7 Å². The zero-order chi connectivity index (χ0) is 20.5. The first-order valence-electron chi connectivity index (χ1n) is 8.27. The Hall–Kier alpha value is -3.07. The van der Waals surface area contributed by atoms with Gasteiger partial charge < -0.3 is 14.2 Å². The van der Waals surface area contributed by atoms with E-state index < -0.39 is 17.8 Å². The fourth-order valence-electron chi connectivity index (χ4n) is 2.09. The Labute approximate surface area is 170 Å². The Balaban J connectivity index is 1.80. The maximum Gasteiger partial charge on any atom is 0.338 e. The summed E-state index contributed by atoms with van der Waals surface area (Å²) < 4.78 is 15.9. The Bertz CT molecular complexity index is 854. The van der Waals surface area contributed by atoms with Crippen LogP contribution >= 0.6 is 15.9 Å². The molecular formula is C19H19BrN2O6. The molecule has 2 amide bonds. The lowest BCUT2D eigenvalue weighted by Gasteiger charge is -2.10. The molecular weight excluding hydrogens is 432 g/mol. The van der Waals surface area contributed by atoms with Crippen molar-refractivity contribution in [1.82, 2.24) is 10.9 Å². The molecule has 2 rings (SSSR count). The van der Waals surface area contributed by atoms with Gasteiger partial charge in [0.2, 0.25) is 0 Å². The Morgan fingerprint density at radius 2 is 1.68 bits per heavy atom. The van der Waals surface area contributed by atoms with E-state index in [2.05, 4.69) is 26.8 Å². The van der Waals surface area contributed by atoms with Crippen molar-refractivity contribution in [2.45, 2.75) is 6.92 Å². The van der Waals surface area contributed by atoms with Gasteiger partial charge >= 0.3 is 5.97 Å². The van der Waals surface area contributed by atoms with Gasteiger partial charge in [-0.15, -0.1) is 0 Å². The van der Waals surface area contributed by atoms with Crippen LogP contribution in [0, 0.1) is 0 Å². The zero-order valence-corrected chi connectivity index (χ0v) is 16.9. The number of nitrogens with one attached hydrogen (secondary N) is 2. The van der Waals surface area contributed by atoms with Crippen LogP contribution in [0.4, 0.5) is 0 Å². The van der Waals surface area contributed by atoms with Crippen molar-refractivity contribution in [2.75, 3.05) is 20.3 Å². The molecule has 0 saturated carbocycles. The third-order valence-corrected chi connectivity index (χ3v) is 4.08. The molecule has 2 aromatic carbocycles. The fourth-order valence-corrected chi connectivity index (χ4v) is 2.63. The molecule has 2 N–H and O–H groups in total. The van der Waals surface area contributed by atoms with Gasteiger partial charge in [-0.1, -0.05) is 0 Å². The van der Waals surface area contributed by atoms with Crippen molar-refractivity contribution in [1.29, 1.82) is 0 Å². The van der Waals surface area contributed by atoms with Gasteiger partial charge in [-0.3, -0.25) is 20.4 Å². The fraction of sp³-hybridized carbons (Fsp3) is 0.211. The van der Waals surface area contributed by atoms with Crippen molar-refractivity contribution in [3.05, 3.63) is 58.1 Å². The van der Waals surface area contributed by atoms with Crippen LogP contribution in [0.25, 0.3) is 0 Å². The molecule has 0 atom stereocenters. The number of halogens is 1. The highest BCUT2D eigenvalue weighted by Crippen LogP contribution is 2.25. The Morgan fingerprint density at radius 3 is 2.29 bits per heavy atom. The number of hydrogen-bond donors (Lipinski definition) is 2. The van der Waals surface area contributed by atoms with Crippen LogP contribution in [-0.4, -0.2) is 38.1 Å². The lowest BCUT2D eigenvalue weighted by molar-refractivity contribution is -0.123. The summed E-state index contributed by atoms with van der Waals surface area (Å²) >= 11 is 3.29. The summed E-state index contributed by atoms with van der Waals surface area (Å²) in [5.41, 5.74) is 5.28. The number of ether oxygens (including phenoxy) is 3. The summed E-state index contributed by atoms with van der Waals surface area (Å²) in [7, 11) is 1.52. The van der Waals surface area contributed by atoms with Gasteiger partial charge in [-0.05, 0) is 65.3 Å². The predicted octanol–water partition coefficient (Wildman–Crippen LogP) is 2.47. The smallest absolute Gasteiger partial charge is 0.338 e. The lowest BCUT2D eigenvalue weighted by Crippen LogP contribution is -2.43. The molecule has 2 aromatic rings. The number of carbonyl (C=O) groups is 3. The van der Waals surface area contributed by atoms with Gasteiger partial charge in [-0.2, -0.15) is 0 Å². The molecule has 0 radical (unpaired) electrons. The Morgan fingerprint density at radius 1 is 1.00 bits per heavy atom. The van der Waals surface area contributed by atoms with Gasteiger partial charge in [0.05, 0.1) is 23.8 Å². The molecule has 0 heterocycles. The molecule has 0 unspecified atom stereocenters. The average molecular weight is 451 g/mol. The van der Waals surface area contributed by atoms with Crippen LogP contribution in [-0.2, 0) is 9.53 Å². The second-order valence-corrected chi connectivity index (χ2v) is 6.24. The number of benzene rings is 2. The predicted molar refractivity (Wildman–Crippen MR) is 104 cm³/mol. The van der Waals surface area contributed by atoms with Gasteiger partial charge in [0, 0.05) is 5.56 Å². The van der Waals surface area contributed by atoms with Crippen LogP contribution in [0.5, 0.6) is 11.5 Å². The van der Waals surface area contributed by atoms with Crippen molar-refractivity contribution in [2.24, 2.45) is 0 Å².